The number of halogens is 1. The van der Waals surface area contributed by atoms with Crippen LogP contribution in [0.4, 0.5) is 4.39 Å². The van der Waals surface area contributed by atoms with Gasteiger partial charge in [0.05, 0.1) is 6.33 Å². The second kappa shape index (κ2) is 11.1. The van der Waals surface area contributed by atoms with Crippen molar-refractivity contribution in [2.24, 2.45) is 0 Å². The summed E-state index contributed by atoms with van der Waals surface area (Å²) >= 11 is 0. The van der Waals surface area contributed by atoms with Crippen molar-refractivity contribution in [3.05, 3.63) is 120 Å². The molecule has 35 heavy (non-hydrogen) atoms. The molecule has 1 unspecified atom stereocenters. The number of carbonyl (C=O) groups is 1. The van der Waals surface area contributed by atoms with Crippen molar-refractivity contribution in [3.8, 4) is 0 Å². The highest BCUT2D eigenvalue weighted by Crippen LogP contribution is 2.15. The van der Waals surface area contributed by atoms with Crippen molar-refractivity contribution in [3.63, 3.8) is 0 Å². The van der Waals surface area contributed by atoms with Crippen LogP contribution in [0.1, 0.15) is 16.7 Å². The molecule has 0 bridgehead atoms. The monoisotopic (exact) mass is 492 g/mol. The van der Waals surface area contributed by atoms with Crippen LogP contribution in [0, 0.1) is 5.82 Å². The highest BCUT2D eigenvalue weighted by molar-refractivity contribution is 7.89. The fourth-order valence-electron chi connectivity index (χ4n) is 3.62. The molecule has 0 fully saturated rings. The second-order valence-electron chi connectivity index (χ2n) is 8.06. The van der Waals surface area contributed by atoms with Crippen LogP contribution < -0.4 is 10.0 Å². The van der Waals surface area contributed by atoms with E-state index in [1.54, 1.807) is 36.8 Å². The van der Waals surface area contributed by atoms with Gasteiger partial charge < -0.3 is 9.88 Å². The number of rotatable bonds is 10. The Balaban J connectivity index is 1.45. The molecule has 4 aromatic rings. The van der Waals surface area contributed by atoms with Crippen LogP contribution in [0.25, 0.3) is 0 Å². The Labute approximate surface area is 203 Å². The summed E-state index contributed by atoms with van der Waals surface area (Å²) in [5.74, 6) is -1.38. The Bertz CT molecular complexity index is 1360. The summed E-state index contributed by atoms with van der Waals surface area (Å²) in [7, 11) is -4.26. The Morgan fingerprint density at radius 2 is 1.60 bits per heavy atom. The predicted molar refractivity (Wildman–Crippen MR) is 130 cm³/mol. The number of hydrogen-bond donors (Lipinski definition) is 2. The normalized spacial score (nSPS) is 12.3. The van der Waals surface area contributed by atoms with E-state index in [0.29, 0.717) is 6.54 Å². The lowest BCUT2D eigenvalue weighted by Crippen LogP contribution is -2.47. The average Bonchev–Trinajstić information content (AvgIpc) is 3.37. The van der Waals surface area contributed by atoms with Crippen molar-refractivity contribution in [1.82, 2.24) is 19.6 Å². The van der Waals surface area contributed by atoms with Crippen LogP contribution in [-0.2, 0) is 34.3 Å². The van der Waals surface area contributed by atoms with Gasteiger partial charge in [0.15, 0.2) is 0 Å². The zero-order valence-electron chi connectivity index (χ0n) is 18.8. The quantitative estimate of drug-likeness (QED) is 0.355. The summed E-state index contributed by atoms with van der Waals surface area (Å²) in [6.45, 7) is 0.903. The number of sulfonamides is 1. The van der Waals surface area contributed by atoms with E-state index in [0.717, 1.165) is 22.8 Å². The van der Waals surface area contributed by atoms with E-state index in [4.69, 9.17) is 0 Å². The van der Waals surface area contributed by atoms with E-state index in [-0.39, 0.29) is 13.0 Å². The first-order valence-corrected chi connectivity index (χ1v) is 12.5. The van der Waals surface area contributed by atoms with Crippen molar-refractivity contribution in [1.29, 1.82) is 0 Å². The van der Waals surface area contributed by atoms with Gasteiger partial charge in [-0.2, -0.15) is 4.72 Å². The molecule has 1 amide bonds. The first-order valence-electron chi connectivity index (χ1n) is 11.0. The fourth-order valence-corrected chi connectivity index (χ4v) is 4.89. The zero-order chi connectivity index (χ0) is 24.7. The third-order valence-electron chi connectivity index (χ3n) is 5.44. The van der Waals surface area contributed by atoms with Gasteiger partial charge in [0.25, 0.3) is 0 Å². The molecular formula is C26H25FN4O3S. The maximum absolute atomic E-state index is 14.2. The minimum atomic E-state index is -4.26. The summed E-state index contributed by atoms with van der Waals surface area (Å²) in [5, 5.41) is 2.80. The Hall–Kier alpha value is -3.82. The van der Waals surface area contributed by atoms with E-state index in [1.807, 2.05) is 41.1 Å². The summed E-state index contributed by atoms with van der Waals surface area (Å²) in [5.41, 5.74) is 2.72. The SMILES string of the molecule is O=C(NCc1ccc(Cn2ccnc2)cc1)C(Cc1ccccc1)NS(=O)(=O)c1ccccc1F. The summed E-state index contributed by atoms with van der Waals surface area (Å²) in [6.07, 6.45) is 5.45. The summed E-state index contributed by atoms with van der Waals surface area (Å²) in [4.78, 5) is 16.6. The first kappa shape index (κ1) is 24.3. The van der Waals surface area contributed by atoms with Crippen LogP contribution in [0.5, 0.6) is 0 Å². The molecule has 0 radical (unpaired) electrons. The zero-order valence-corrected chi connectivity index (χ0v) is 19.7. The number of benzene rings is 3. The maximum Gasteiger partial charge on any atom is 0.244 e. The molecule has 2 N–H and O–H groups in total. The van der Waals surface area contributed by atoms with Crippen molar-refractivity contribution in [2.45, 2.75) is 30.4 Å². The van der Waals surface area contributed by atoms with Gasteiger partial charge in [-0.05, 0) is 35.2 Å². The van der Waals surface area contributed by atoms with E-state index < -0.39 is 32.7 Å². The molecular weight excluding hydrogens is 467 g/mol. The van der Waals surface area contributed by atoms with Gasteiger partial charge >= 0.3 is 0 Å². The van der Waals surface area contributed by atoms with Gasteiger partial charge in [0.1, 0.15) is 16.8 Å². The molecule has 0 aliphatic heterocycles. The largest absolute Gasteiger partial charge is 0.351 e. The van der Waals surface area contributed by atoms with Gasteiger partial charge in [0, 0.05) is 25.5 Å². The smallest absolute Gasteiger partial charge is 0.244 e. The second-order valence-corrected chi connectivity index (χ2v) is 9.75. The molecule has 0 saturated heterocycles. The number of imidazole rings is 1. The van der Waals surface area contributed by atoms with Gasteiger partial charge in [-0.15, -0.1) is 0 Å². The molecule has 4 rings (SSSR count). The fraction of sp³-hybridized carbons (Fsp3) is 0.154. The van der Waals surface area contributed by atoms with Crippen molar-refractivity contribution < 1.29 is 17.6 Å². The van der Waals surface area contributed by atoms with Gasteiger partial charge in [0.2, 0.25) is 15.9 Å². The Morgan fingerprint density at radius 1 is 0.914 bits per heavy atom. The third kappa shape index (κ3) is 6.62. The Morgan fingerprint density at radius 3 is 2.29 bits per heavy atom. The van der Waals surface area contributed by atoms with Crippen LogP contribution in [-0.4, -0.2) is 29.9 Å². The van der Waals surface area contributed by atoms with E-state index >= 15 is 0 Å². The first-order chi connectivity index (χ1) is 16.9. The van der Waals surface area contributed by atoms with Crippen LogP contribution >= 0.6 is 0 Å². The maximum atomic E-state index is 14.2. The molecule has 0 spiro atoms. The van der Waals surface area contributed by atoms with Gasteiger partial charge in [-0.25, -0.2) is 17.8 Å². The number of aromatic nitrogens is 2. The van der Waals surface area contributed by atoms with Crippen molar-refractivity contribution >= 4 is 15.9 Å². The predicted octanol–water partition coefficient (Wildman–Crippen LogP) is 3.28. The van der Waals surface area contributed by atoms with Gasteiger partial charge in [-0.1, -0.05) is 66.7 Å². The number of nitrogens with one attached hydrogen (secondary N) is 2. The van der Waals surface area contributed by atoms with Crippen LogP contribution in [0.15, 0.2) is 102 Å². The third-order valence-corrected chi connectivity index (χ3v) is 6.94. The number of carbonyl (C=O) groups excluding carboxylic acids is 1. The lowest BCUT2D eigenvalue weighted by atomic mass is 10.1. The lowest BCUT2D eigenvalue weighted by Gasteiger charge is -2.19. The highest BCUT2D eigenvalue weighted by Gasteiger charge is 2.27. The minimum Gasteiger partial charge on any atom is -0.351 e. The van der Waals surface area contributed by atoms with E-state index in [9.17, 15) is 17.6 Å². The van der Waals surface area contributed by atoms with E-state index in [2.05, 4.69) is 15.0 Å². The standard InChI is InChI=1S/C26H25FN4O3S/c27-23-8-4-5-9-25(23)35(33,34)30-24(16-20-6-2-1-3-7-20)26(32)29-17-21-10-12-22(13-11-21)18-31-15-14-28-19-31/h1-15,19,24,30H,16-18H2,(H,29,32). The van der Waals surface area contributed by atoms with E-state index in [1.165, 1.54) is 18.2 Å². The number of amides is 1. The molecule has 0 saturated carbocycles. The number of hydrogen-bond acceptors (Lipinski definition) is 4. The molecule has 1 heterocycles. The summed E-state index contributed by atoms with van der Waals surface area (Å²) < 4.78 is 44.2. The minimum absolute atomic E-state index is 0.115. The topological polar surface area (TPSA) is 93.1 Å². The molecule has 7 nitrogen and oxygen atoms in total. The lowest BCUT2D eigenvalue weighted by molar-refractivity contribution is -0.122. The molecule has 9 heteroatoms. The van der Waals surface area contributed by atoms with Crippen LogP contribution in [0.2, 0.25) is 0 Å². The average molecular weight is 493 g/mol. The molecule has 1 aromatic heterocycles. The summed E-state index contributed by atoms with van der Waals surface area (Å²) in [6, 6.07) is 20.7. The van der Waals surface area contributed by atoms with Gasteiger partial charge in [-0.3, -0.25) is 4.79 Å². The number of nitrogens with zero attached hydrogens (tertiary/aromatic N) is 2. The molecule has 0 aliphatic carbocycles. The molecule has 180 valence electrons. The Kier molecular flexibility index (Phi) is 7.69. The van der Waals surface area contributed by atoms with Crippen LogP contribution in [0.3, 0.4) is 0 Å². The molecule has 0 aliphatic rings. The van der Waals surface area contributed by atoms with Crippen molar-refractivity contribution in [2.75, 3.05) is 0 Å². The highest BCUT2D eigenvalue weighted by atomic mass is 32.2. The molecule has 3 aromatic carbocycles. The molecule has 1 atom stereocenters.